The van der Waals surface area contributed by atoms with Crippen molar-refractivity contribution in [2.24, 2.45) is 22.0 Å². The molecule has 2 amide bonds. The number of hydrogen-bond acceptors (Lipinski definition) is 4. The van der Waals surface area contributed by atoms with E-state index in [-0.39, 0.29) is 11.7 Å². The van der Waals surface area contributed by atoms with E-state index in [0.29, 0.717) is 25.8 Å². The average molecular weight is 240 g/mol. The number of carbonyl (C=O) groups excluding carboxylic acids is 2. The molecule has 0 aromatic heterocycles. The highest BCUT2D eigenvalue weighted by Crippen LogP contribution is 2.48. The third-order valence-corrected chi connectivity index (χ3v) is 3.60. The molecule has 0 bridgehead atoms. The van der Waals surface area contributed by atoms with Gasteiger partial charge in [0, 0.05) is 6.54 Å². The van der Waals surface area contributed by atoms with Crippen LogP contribution in [0.15, 0.2) is 5.16 Å². The molecule has 2 fully saturated rings. The van der Waals surface area contributed by atoms with Crippen LogP contribution < -0.4 is 11.5 Å². The summed E-state index contributed by atoms with van der Waals surface area (Å²) < 4.78 is 0. The average Bonchev–Trinajstić information content (AvgIpc) is 2.97. The van der Waals surface area contributed by atoms with Gasteiger partial charge < -0.3 is 21.6 Å². The van der Waals surface area contributed by atoms with Gasteiger partial charge in [-0.3, -0.25) is 9.59 Å². The van der Waals surface area contributed by atoms with Crippen molar-refractivity contribution in [2.45, 2.75) is 31.7 Å². The number of nitrogens with zero attached hydrogens (tertiary/aromatic N) is 2. The van der Waals surface area contributed by atoms with Gasteiger partial charge in [-0.1, -0.05) is 5.16 Å². The Morgan fingerprint density at radius 3 is 2.47 bits per heavy atom. The SMILES string of the molecule is NC(=O)C1CCCN1C(=O)C1(C(N)=NO)CC1. The molecule has 1 saturated heterocycles. The molecular formula is C10H16N4O3. The van der Waals surface area contributed by atoms with Crippen molar-refractivity contribution in [3.63, 3.8) is 0 Å². The summed E-state index contributed by atoms with van der Waals surface area (Å²) in [6, 6.07) is -0.550. The second kappa shape index (κ2) is 3.90. The van der Waals surface area contributed by atoms with E-state index in [9.17, 15) is 9.59 Å². The van der Waals surface area contributed by atoms with Crippen LogP contribution in [0.1, 0.15) is 25.7 Å². The van der Waals surface area contributed by atoms with E-state index in [1.807, 2.05) is 0 Å². The fraction of sp³-hybridized carbons (Fsp3) is 0.700. The molecule has 94 valence electrons. The third kappa shape index (κ3) is 1.71. The fourth-order valence-corrected chi connectivity index (χ4v) is 2.38. The molecule has 2 rings (SSSR count). The maximum atomic E-state index is 12.3. The molecule has 7 nitrogen and oxygen atoms in total. The molecule has 1 aliphatic heterocycles. The van der Waals surface area contributed by atoms with Gasteiger partial charge in [-0.15, -0.1) is 0 Å². The van der Waals surface area contributed by atoms with E-state index in [1.54, 1.807) is 0 Å². The zero-order valence-electron chi connectivity index (χ0n) is 9.43. The van der Waals surface area contributed by atoms with Crippen LogP contribution in [0.3, 0.4) is 0 Å². The summed E-state index contributed by atoms with van der Waals surface area (Å²) in [6.07, 6.45) is 2.46. The molecular weight excluding hydrogens is 224 g/mol. The lowest BCUT2D eigenvalue weighted by molar-refractivity contribution is -0.139. The van der Waals surface area contributed by atoms with Crippen LogP contribution in [-0.4, -0.2) is 40.3 Å². The molecule has 1 heterocycles. The standard InChI is InChI=1S/C10H16N4O3/c11-7(15)6-2-1-5-14(6)9(16)10(3-4-10)8(12)13-17/h6,17H,1-5H2,(H2,11,15)(H2,12,13). The maximum Gasteiger partial charge on any atom is 0.240 e. The minimum Gasteiger partial charge on any atom is -0.409 e. The van der Waals surface area contributed by atoms with Crippen molar-refractivity contribution in [2.75, 3.05) is 6.54 Å². The number of amides is 2. The predicted molar refractivity (Wildman–Crippen MR) is 59.0 cm³/mol. The summed E-state index contributed by atoms with van der Waals surface area (Å²) in [4.78, 5) is 25.0. The lowest BCUT2D eigenvalue weighted by Gasteiger charge is -2.26. The van der Waals surface area contributed by atoms with Crippen molar-refractivity contribution in [1.82, 2.24) is 4.90 Å². The van der Waals surface area contributed by atoms with Crippen molar-refractivity contribution in [3.8, 4) is 0 Å². The topological polar surface area (TPSA) is 122 Å². The van der Waals surface area contributed by atoms with Crippen LogP contribution in [0.2, 0.25) is 0 Å². The number of likely N-dealkylation sites (tertiary alicyclic amines) is 1. The van der Waals surface area contributed by atoms with E-state index in [1.165, 1.54) is 4.90 Å². The zero-order chi connectivity index (χ0) is 12.6. The molecule has 1 saturated carbocycles. The normalized spacial score (nSPS) is 26.9. The van der Waals surface area contributed by atoms with E-state index in [2.05, 4.69) is 5.16 Å². The second-order valence-corrected chi connectivity index (χ2v) is 4.63. The molecule has 0 aromatic rings. The number of rotatable bonds is 3. The first-order chi connectivity index (χ1) is 8.03. The Balaban J connectivity index is 2.18. The molecule has 1 unspecified atom stereocenters. The van der Waals surface area contributed by atoms with Gasteiger partial charge in [0.1, 0.15) is 11.5 Å². The van der Waals surface area contributed by atoms with Crippen molar-refractivity contribution in [3.05, 3.63) is 0 Å². The summed E-state index contributed by atoms with van der Waals surface area (Å²) in [7, 11) is 0. The van der Waals surface area contributed by atoms with Gasteiger partial charge in [0.05, 0.1) is 0 Å². The highest BCUT2D eigenvalue weighted by molar-refractivity contribution is 6.10. The summed E-state index contributed by atoms with van der Waals surface area (Å²) in [6.45, 7) is 0.507. The quantitative estimate of drug-likeness (QED) is 0.253. The van der Waals surface area contributed by atoms with E-state index < -0.39 is 17.4 Å². The van der Waals surface area contributed by atoms with Gasteiger partial charge in [0.2, 0.25) is 11.8 Å². The van der Waals surface area contributed by atoms with Gasteiger partial charge in [0.15, 0.2) is 5.84 Å². The number of amidine groups is 1. The lowest BCUT2D eigenvalue weighted by atomic mass is 10.0. The van der Waals surface area contributed by atoms with Gasteiger partial charge in [-0.25, -0.2) is 0 Å². The Kier molecular flexibility index (Phi) is 2.68. The number of carbonyl (C=O) groups is 2. The van der Waals surface area contributed by atoms with Crippen LogP contribution in [0.4, 0.5) is 0 Å². The molecule has 7 heteroatoms. The third-order valence-electron chi connectivity index (χ3n) is 3.60. The van der Waals surface area contributed by atoms with Gasteiger partial charge in [-0.2, -0.15) is 0 Å². The Morgan fingerprint density at radius 1 is 1.35 bits per heavy atom. The Labute approximate surface area is 98.4 Å². The summed E-state index contributed by atoms with van der Waals surface area (Å²) in [5.74, 6) is -0.808. The molecule has 1 aliphatic carbocycles. The Morgan fingerprint density at radius 2 is 2.00 bits per heavy atom. The lowest BCUT2D eigenvalue weighted by Crippen LogP contribution is -2.49. The van der Waals surface area contributed by atoms with E-state index in [4.69, 9.17) is 16.7 Å². The predicted octanol–water partition coefficient (Wildman–Crippen LogP) is -1.01. The van der Waals surface area contributed by atoms with Crippen LogP contribution in [0.25, 0.3) is 0 Å². The smallest absolute Gasteiger partial charge is 0.240 e. The molecule has 0 aromatic carbocycles. The van der Waals surface area contributed by atoms with Crippen LogP contribution in [0, 0.1) is 5.41 Å². The van der Waals surface area contributed by atoms with Gasteiger partial charge in [-0.05, 0) is 25.7 Å². The fourth-order valence-electron chi connectivity index (χ4n) is 2.38. The van der Waals surface area contributed by atoms with Crippen LogP contribution in [0.5, 0.6) is 0 Å². The molecule has 2 aliphatic rings. The summed E-state index contributed by atoms with van der Waals surface area (Å²) >= 11 is 0. The Hall–Kier alpha value is -1.79. The zero-order valence-corrected chi connectivity index (χ0v) is 9.43. The number of nitrogens with two attached hydrogens (primary N) is 2. The minimum absolute atomic E-state index is 0.0716. The van der Waals surface area contributed by atoms with E-state index >= 15 is 0 Å². The number of hydrogen-bond donors (Lipinski definition) is 3. The maximum absolute atomic E-state index is 12.3. The molecule has 1 atom stereocenters. The molecule has 17 heavy (non-hydrogen) atoms. The van der Waals surface area contributed by atoms with Crippen molar-refractivity contribution < 1.29 is 14.8 Å². The van der Waals surface area contributed by atoms with Gasteiger partial charge in [0.25, 0.3) is 0 Å². The van der Waals surface area contributed by atoms with Crippen LogP contribution in [-0.2, 0) is 9.59 Å². The summed E-state index contributed by atoms with van der Waals surface area (Å²) in [5, 5.41) is 11.6. The number of primary amides is 1. The van der Waals surface area contributed by atoms with Crippen molar-refractivity contribution >= 4 is 17.6 Å². The first-order valence-electron chi connectivity index (χ1n) is 5.61. The van der Waals surface area contributed by atoms with Crippen LogP contribution >= 0.6 is 0 Å². The van der Waals surface area contributed by atoms with Crippen molar-refractivity contribution in [1.29, 1.82) is 0 Å². The first-order valence-corrected chi connectivity index (χ1v) is 5.61. The minimum atomic E-state index is -0.896. The van der Waals surface area contributed by atoms with Gasteiger partial charge >= 0.3 is 0 Å². The molecule has 0 spiro atoms. The monoisotopic (exact) mass is 240 g/mol. The largest absolute Gasteiger partial charge is 0.409 e. The Bertz CT molecular complexity index is 389. The highest BCUT2D eigenvalue weighted by Gasteiger charge is 2.57. The summed E-state index contributed by atoms with van der Waals surface area (Å²) in [5.41, 5.74) is 9.90. The molecule has 5 N–H and O–H groups in total. The first kappa shape index (κ1) is 11.7. The second-order valence-electron chi connectivity index (χ2n) is 4.63. The highest BCUT2D eigenvalue weighted by atomic mass is 16.4. The molecule has 0 radical (unpaired) electrons. The van der Waals surface area contributed by atoms with E-state index in [0.717, 1.165) is 6.42 Å². The number of oxime groups is 1.